The molecular formula is C14H10BrClO2S. The fourth-order valence-corrected chi connectivity index (χ4v) is 3.72. The van der Waals surface area contributed by atoms with Gasteiger partial charge >= 0.3 is 0 Å². The molecule has 0 aliphatic rings. The molecule has 0 aliphatic carbocycles. The van der Waals surface area contributed by atoms with Gasteiger partial charge < -0.3 is 0 Å². The van der Waals surface area contributed by atoms with E-state index in [0.29, 0.717) is 15.5 Å². The average molecular weight is 358 g/mol. The highest BCUT2D eigenvalue weighted by molar-refractivity contribution is 9.10. The van der Waals surface area contributed by atoms with E-state index in [1.165, 1.54) is 0 Å². The average Bonchev–Trinajstić information content (AvgIpc) is 2.39. The summed E-state index contributed by atoms with van der Waals surface area (Å²) >= 11 is 9.28. The van der Waals surface area contributed by atoms with Crippen molar-refractivity contribution in [2.75, 3.05) is 5.75 Å². The first-order chi connectivity index (χ1) is 9.09. The Morgan fingerprint density at radius 3 is 2.42 bits per heavy atom. The lowest BCUT2D eigenvalue weighted by molar-refractivity contribution is 0.102. The second-order valence-electron chi connectivity index (χ2n) is 3.82. The number of rotatable bonds is 4. The Labute approximate surface area is 127 Å². The summed E-state index contributed by atoms with van der Waals surface area (Å²) in [5.74, 6) is -0.300. The molecule has 0 amide bonds. The maximum atomic E-state index is 12.2. The van der Waals surface area contributed by atoms with Crippen LogP contribution in [0.1, 0.15) is 10.4 Å². The molecule has 98 valence electrons. The molecule has 1 unspecified atom stereocenters. The molecular weight excluding hydrogens is 348 g/mol. The molecule has 0 saturated heterocycles. The standard InChI is InChI=1S/C14H10BrClO2S/c15-11-6-2-4-8-14(11)19(18)9-13(17)10-5-1-3-7-12(10)16/h1-8H,9H2. The van der Waals surface area contributed by atoms with Crippen molar-refractivity contribution >= 4 is 44.1 Å². The maximum Gasteiger partial charge on any atom is 0.177 e. The van der Waals surface area contributed by atoms with Crippen molar-refractivity contribution in [3.05, 3.63) is 63.6 Å². The Kier molecular flexibility index (Phi) is 4.91. The molecule has 0 fully saturated rings. The fourth-order valence-electron chi connectivity index (χ4n) is 1.59. The molecule has 0 aromatic heterocycles. The van der Waals surface area contributed by atoms with Gasteiger partial charge in [-0.25, -0.2) is 0 Å². The number of benzene rings is 2. The number of ketones is 1. The quantitative estimate of drug-likeness (QED) is 0.772. The third-order valence-electron chi connectivity index (χ3n) is 2.52. The Morgan fingerprint density at radius 1 is 1.11 bits per heavy atom. The predicted octanol–water partition coefficient (Wildman–Crippen LogP) is 4.09. The largest absolute Gasteiger partial charge is 0.293 e. The van der Waals surface area contributed by atoms with Gasteiger partial charge in [-0.05, 0) is 40.2 Å². The van der Waals surface area contributed by atoms with E-state index >= 15 is 0 Å². The zero-order valence-electron chi connectivity index (χ0n) is 9.81. The summed E-state index contributed by atoms with van der Waals surface area (Å²) in [4.78, 5) is 12.7. The molecule has 1 atom stereocenters. The molecule has 2 aromatic rings. The van der Waals surface area contributed by atoms with Gasteiger partial charge in [0.25, 0.3) is 0 Å². The lowest BCUT2D eigenvalue weighted by Gasteiger charge is -2.05. The Balaban J connectivity index is 2.19. The van der Waals surface area contributed by atoms with Crippen LogP contribution in [0.5, 0.6) is 0 Å². The molecule has 5 heteroatoms. The topological polar surface area (TPSA) is 34.1 Å². The summed E-state index contributed by atoms with van der Waals surface area (Å²) in [6.07, 6.45) is 0. The Bertz CT molecular complexity index is 587. The van der Waals surface area contributed by atoms with Gasteiger partial charge in [0.05, 0.1) is 26.5 Å². The first-order valence-electron chi connectivity index (χ1n) is 5.50. The molecule has 0 aliphatic heterocycles. The highest BCUT2D eigenvalue weighted by Gasteiger charge is 2.16. The smallest absolute Gasteiger partial charge is 0.177 e. The summed E-state index contributed by atoms with van der Waals surface area (Å²) in [7, 11) is -1.39. The molecule has 0 heterocycles. The van der Waals surface area contributed by atoms with Crippen LogP contribution in [0.15, 0.2) is 57.9 Å². The van der Waals surface area contributed by atoms with Crippen molar-refractivity contribution in [3.63, 3.8) is 0 Å². The lowest BCUT2D eigenvalue weighted by Crippen LogP contribution is -2.11. The fraction of sp³-hybridized carbons (Fsp3) is 0.0714. The van der Waals surface area contributed by atoms with Crippen molar-refractivity contribution in [3.8, 4) is 0 Å². The van der Waals surface area contributed by atoms with Crippen molar-refractivity contribution < 1.29 is 9.00 Å². The minimum atomic E-state index is -1.39. The molecule has 0 spiro atoms. The maximum absolute atomic E-state index is 12.2. The molecule has 0 radical (unpaired) electrons. The summed E-state index contributed by atoms with van der Waals surface area (Å²) in [6, 6.07) is 13.9. The van der Waals surface area contributed by atoms with Gasteiger partial charge in [-0.1, -0.05) is 35.9 Å². The molecule has 2 aromatic carbocycles. The van der Waals surface area contributed by atoms with Crippen LogP contribution in [0.4, 0.5) is 0 Å². The number of Topliss-reactive ketones (excluding diaryl/α,β-unsaturated/α-hetero) is 1. The van der Waals surface area contributed by atoms with E-state index in [1.807, 2.05) is 6.07 Å². The van der Waals surface area contributed by atoms with Crippen molar-refractivity contribution in [2.45, 2.75) is 4.90 Å². The van der Waals surface area contributed by atoms with Crippen LogP contribution in [-0.4, -0.2) is 15.7 Å². The minimum absolute atomic E-state index is 0.0770. The molecule has 2 nitrogen and oxygen atoms in total. The SMILES string of the molecule is O=C(CS(=O)c1ccccc1Br)c1ccccc1Cl. The van der Waals surface area contributed by atoms with Gasteiger partial charge in [-0.3, -0.25) is 9.00 Å². The molecule has 19 heavy (non-hydrogen) atoms. The molecule has 0 bridgehead atoms. The lowest BCUT2D eigenvalue weighted by atomic mass is 10.1. The van der Waals surface area contributed by atoms with E-state index in [-0.39, 0.29) is 11.5 Å². The summed E-state index contributed by atoms with van der Waals surface area (Å²) < 4.78 is 12.9. The zero-order valence-corrected chi connectivity index (χ0v) is 13.0. The predicted molar refractivity (Wildman–Crippen MR) is 81.2 cm³/mol. The summed E-state index contributed by atoms with van der Waals surface area (Å²) in [5, 5.41) is 0.386. The van der Waals surface area contributed by atoms with Gasteiger partial charge in [0.1, 0.15) is 0 Å². The number of hydrogen-bond acceptors (Lipinski definition) is 2. The summed E-state index contributed by atoms with van der Waals surface area (Å²) in [6.45, 7) is 0. The van der Waals surface area contributed by atoms with E-state index in [0.717, 1.165) is 4.47 Å². The van der Waals surface area contributed by atoms with Crippen LogP contribution in [0, 0.1) is 0 Å². The van der Waals surface area contributed by atoms with Crippen LogP contribution < -0.4 is 0 Å². The summed E-state index contributed by atoms with van der Waals surface area (Å²) in [5.41, 5.74) is 0.407. The van der Waals surface area contributed by atoms with E-state index in [4.69, 9.17) is 11.6 Å². The van der Waals surface area contributed by atoms with Gasteiger partial charge in [0, 0.05) is 10.0 Å². The molecule has 0 saturated carbocycles. The first kappa shape index (κ1) is 14.4. The van der Waals surface area contributed by atoms with Crippen LogP contribution in [0.2, 0.25) is 5.02 Å². The van der Waals surface area contributed by atoms with Gasteiger partial charge in [0.15, 0.2) is 5.78 Å². The highest BCUT2D eigenvalue weighted by atomic mass is 79.9. The third kappa shape index (κ3) is 3.53. The molecule has 2 rings (SSSR count). The third-order valence-corrected chi connectivity index (χ3v) is 5.17. The van der Waals surface area contributed by atoms with Crippen molar-refractivity contribution in [1.82, 2.24) is 0 Å². The van der Waals surface area contributed by atoms with E-state index in [2.05, 4.69) is 15.9 Å². The Hall–Kier alpha value is -0.970. The zero-order chi connectivity index (χ0) is 13.8. The van der Waals surface area contributed by atoms with Gasteiger partial charge in [-0.15, -0.1) is 0 Å². The van der Waals surface area contributed by atoms with Crippen molar-refractivity contribution in [2.24, 2.45) is 0 Å². The monoisotopic (exact) mass is 356 g/mol. The second kappa shape index (κ2) is 6.46. The van der Waals surface area contributed by atoms with E-state index in [1.54, 1.807) is 42.5 Å². The minimum Gasteiger partial charge on any atom is -0.293 e. The molecule has 0 N–H and O–H groups in total. The second-order valence-corrected chi connectivity index (χ2v) is 6.50. The highest BCUT2D eigenvalue weighted by Crippen LogP contribution is 2.21. The van der Waals surface area contributed by atoms with Crippen LogP contribution in [0.3, 0.4) is 0 Å². The first-order valence-corrected chi connectivity index (χ1v) is 7.99. The van der Waals surface area contributed by atoms with Gasteiger partial charge in [0.2, 0.25) is 0 Å². The Morgan fingerprint density at radius 2 is 1.74 bits per heavy atom. The van der Waals surface area contributed by atoms with Crippen LogP contribution in [0.25, 0.3) is 0 Å². The van der Waals surface area contributed by atoms with Crippen molar-refractivity contribution in [1.29, 1.82) is 0 Å². The van der Waals surface area contributed by atoms with Crippen LogP contribution >= 0.6 is 27.5 Å². The normalized spacial score (nSPS) is 12.1. The van der Waals surface area contributed by atoms with Gasteiger partial charge in [-0.2, -0.15) is 0 Å². The number of carbonyl (C=O) groups excluding carboxylic acids is 1. The number of hydrogen-bond donors (Lipinski definition) is 0. The van der Waals surface area contributed by atoms with E-state index in [9.17, 15) is 9.00 Å². The number of halogens is 2. The van der Waals surface area contributed by atoms with Crippen LogP contribution in [-0.2, 0) is 10.8 Å². The number of carbonyl (C=O) groups is 1. The van der Waals surface area contributed by atoms with E-state index < -0.39 is 10.8 Å².